The fourth-order valence-electron chi connectivity index (χ4n) is 1.78. The molecule has 0 radical (unpaired) electrons. The molecule has 18 heavy (non-hydrogen) atoms. The van der Waals surface area contributed by atoms with Gasteiger partial charge in [0.05, 0.1) is 12.3 Å². The average Bonchev–Trinajstić information content (AvgIpc) is 2.38. The van der Waals surface area contributed by atoms with Gasteiger partial charge in [-0.15, -0.1) is 0 Å². The quantitative estimate of drug-likeness (QED) is 0.745. The number of hydrogen-bond acceptors (Lipinski definition) is 3. The Balaban J connectivity index is 2.60. The molecule has 3 N–H and O–H groups in total. The van der Waals surface area contributed by atoms with Crippen molar-refractivity contribution in [1.29, 1.82) is 0 Å². The van der Waals surface area contributed by atoms with E-state index >= 15 is 0 Å². The molecule has 0 bridgehead atoms. The van der Waals surface area contributed by atoms with Crippen molar-refractivity contribution in [2.24, 2.45) is 17.6 Å². The maximum atomic E-state index is 5.78. The molecular formula is C15H26N2O. The molecule has 0 fully saturated rings. The Hall–Kier alpha value is -1.22. The lowest BCUT2D eigenvalue weighted by atomic mass is 9.96. The number of para-hydroxylation sites is 2. The Morgan fingerprint density at radius 1 is 1.28 bits per heavy atom. The van der Waals surface area contributed by atoms with Crippen LogP contribution in [0.25, 0.3) is 0 Å². The zero-order valence-electron chi connectivity index (χ0n) is 11.8. The number of nitrogens with one attached hydrogen (secondary N) is 1. The molecule has 1 aromatic carbocycles. The standard InChI is InChI=1S/C15H26N2O/c1-4-9-18-15-8-6-5-7-14(15)17-11-13(10-16)12(2)3/h5-8,12-13,17H,4,9-11,16H2,1-3H3. The first-order chi connectivity index (χ1) is 8.69. The van der Waals surface area contributed by atoms with Crippen molar-refractivity contribution in [3.63, 3.8) is 0 Å². The molecule has 0 amide bonds. The second kappa shape index (κ2) is 7.98. The van der Waals surface area contributed by atoms with Crippen LogP contribution in [0, 0.1) is 11.8 Å². The minimum absolute atomic E-state index is 0.490. The van der Waals surface area contributed by atoms with Crippen molar-refractivity contribution in [3.8, 4) is 5.75 Å². The Bertz CT molecular complexity index is 339. The van der Waals surface area contributed by atoms with Gasteiger partial charge >= 0.3 is 0 Å². The molecule has 1 aromatic rings. The molecule has 0 spiro atoms. The lowest BCUT2D eigenvalue weighted by Gasteiger charge is -2.21. The molecule has 1 rings (SSSR count). The van der Waals surface area contributed by atoms with E-state index in [1.54, 1.807) is 0 Å². The number of benzene rings is 1. The highest BCUT2D eigenvalue weighted by Gasteiger charge is 2.12. The van der Waals surface area contributed by atoms with Crippen LogP contribution < -0.4 is 15.8 Å². The molecule has 0 saturated carbocycles. The Labute approximate surface area is 111 Å². The largest absolute Gasteiger partial charge is 0.491 e. The van der Waals surface area contributed by atoms with E-state index in [4.69, 9.17) is 10.5 Å². The van der Waals surface area contributed by atoms with Crippen molar-refractivity contribution in [3.05, 3.63) is 24.3 Å². The highest BCUT2D eigenvalue weighted by molar-refractivity contribution is 5.56. The van der Waals surface area contributed by atoms with Crippen molar-refractivity contribution in [2.75, 3.05) is 25.0 Å². The predicted molar refractivity (Wildman–Crippen MR) is 78.1 cm³/mol. The first kappa shape index (κ1) is 14.8. The minimum Gasteiger partial charge on any atom is -0.491 e. The van der Waals surface area contributed by atoms with Crippen LogP contribution in [0.4, 0.5) is 5.69 Å². The SMILES string of the molecule is CCCOc1ccccc1NCC(CN)C(C)C. The van der Waals surface area contributed by atoms with Crippen LogP contribution in [0.2, 0.25) is 0 Å². The summed E-state index contributed by atoms with van der Waals surface area (Å²) in [5, 5.41) is 3.45. The summed E-state index contributed by atoms with van der Waals surface area (Å²) in [5.74, 6) is 2.01. The third kappa shape index (κ3) is 4.57. The van der Waals surface area contributed by atoms with Gasteiger partial charge in [-0.3, -0.25) is 0 Å². The zero-order valence-corrected chi connectivity index (χ0v) is 11.8. The minimum atomic E-state index is 0.490. The van der Waals surface area contributed by atoms with Gasteiger partial charge in [-0.1, -0.05) is 32.9 Å². The van der Waals surface area contributed by atoms with Crippen LogP contribution in [-0.4, -0.2) is 19.7 Å². The maximum Gasteiger partial charge on any atom is 0.142 e. The first-order valence-electron chi connectivity index (χ1n) is 6.84. The van der Waals surface area contributed by atoms with E-state index in [0.717, 1.165) is 31.0 Å². The topological polar surface area (TPSA) is 47.3 Å². The third-order valence-electron chi connectivity index (χ3n) is 3.15. The van der Waals surface area contributed by atoms with Gasteiger partial charge in [0, 0.05) is 6.54 Å². The van der Waals surface area contributed by atoms with Gasteiger partial charge in [-0.05, 0) is 36.9 Å². The van der Waals surface area contributed by atoms with E-state index in [1.807, 2.05) is 18.2 Å². The summed E-state index contributed by atoms with van der Waals surface area (Å²) in [6.07, 6.45) is 1.02. The number of rotatable bonds is 8. The molecule has 0 saturated heterocycles. The molecule has 1 atom stereocenters. The molecule has 0 aliphatic heterocycles. The zero-order chi connectivity index (χ0) is 13.4. The number of nitrogens with two attached hydrogens (primary N) is 1. The highest BCUT2D eigenvalue weighted by Crippen LogP contribution is 2.24. The van der Waals surface area contributed by atoms with E-state index < -0.39 is 0 Å². The van der Waals surface area contributed by atoms with Crippen molar-refractivity contribution in [2.45, 2.75) is 27.2 Å². The van der Waals surface area contributed by atoms with Crippen LogP contribution in [0.15, 0.2) is 24.3 Å². The van der Waals surface area contributed by atoms with Crippen molar-refractivity contribution < 1.29 is 4.74 Å². The van der Waals surface area contributed by atoms with Crippen molar-refractivity contribution in [1.82, 2.24) is 0 Å². The summed E-state index contributed by atoms with van der Waals surface area (Å²) in [6, 6.07) is 8.08. The first-order valence-corrected chi connectivity index (χ1v) is 6.84. The number of anilines is 1. The summed E-state index contributed by atoms with van der Waals surface area (Å²) >= 11 is 0. The number of hydrogen-bond donors (Lipinski definition) is 2. The molecule has 3 nitrogen and oxygen atoms in total. The van der Waals surface area contributed by atoms with Gasteiger partial charge in [0.2, 0.25) is 0 Å². The molecule has 102 valence electrons. The summed E-state index contributed by atoms with van der Waals surface area (Å²) in [7, 11) is 0. The summed E-state index contributed by atoms with van der Waals surface area (Å²) < 4.78 is 5.72. The van der Waals surface area contributed by atoms with E-state index in [0.29, 0.717) is 18.4 Å². The van der Waals surface area contributed by atoms with Crippen LogP contribution >= 0.6 is 0 Å². The molecule has 0 heterocycles. The lowest BCUT2D eigenvalue weighted by Crippen LogP contribution is -2.27. The van der Waals surface area contributed by atoms with Gasteiger partial charge in [0.1, 0.15) is 5.75 Å². The maximum absolute atomic E-state index is 5.78. The molecule has 0 aromatic heterocycles. The van der Waals surface area contributed by atoms with E-state index in [1.165, 1.54) is 0 Å². The normalized spacial score (nSPS) is 12.5. The summed E-state index contributed by atoms with van der Waals surface area (Å²) in [5.41, 5.74) is 6.85. The molecule has 3 heteroatoms. The second-order valence-corrected chi connectivity index (χ2v) is 4.97. The average molecular weight is 250 g/mol. The molecular weight excluding hydrogens is 224 g/mol. The van der Waals surface area contributed by atoms with Gasteiger partial charge in [0.25, 0.3) is 0 Å². The second-order valence-electron chi connectivity index (χ2n) is 4.97. The molecule has 1 unspecified atom stereocenters. The number of ether oxygens (including phenoxy) is 1. The Kier molecular flexibility index (Phi) is 6.58. The van der Waals surface area contributed by atoms with Gasteiger partial charge in [0.15, 0.2) is 0 Å². The predicted octanol–water partition coefficient (Wildman–Crippen LogP) is 3.12. The van der Waals surface area contributed by atoms with Gasteiger partial charge < -0.3 is 15.8 Å². The molecule has 0 aliphatic carbocycles. The lowest BCUT2D eigenvalue weighted by molar-refractivity contribution is 0.318. The highest BCUT2D eigenvalue weighted by atomic mass is 16.5. The van der Waals surface area contributed by atoms with Crippen LogP contribution in [0.3, 0.4) is 0 Å². The smallest absolute Gasteiger partial charge is 0.142 e. The third-order valence-corrected chi connectivity index (χ3v) is 3.15. The van der Waals surface area contributed by atoms with Crippen LogP contribution in [0.1, 0.15) is 27.2 Å². The fourth-order valence-corrected chi connectivity index (χ4v) is 1.78. The van der Waals surface area contributed by atoms with E-state index in [2.05, 4.69) is 32.2 Å². The van der Waals surface area contributed by atoms with Crippen molar-refractivity contribution >= 4 is 5.69 Å². The Morgan fingerprint density at radius 2 is 2.00 bits per heavy atom. The van der Waals surface area contributed by atoms with Crippen LogP contribution in [-0.2, 0) is 0 Å². The van der Waals surface area contributed by atoms with Gasteiger partial charge in [-0.2, -0.15) is 0 Å². The monoisotopic (exact) mass is 250 g/mol. The van der Waals surface area contributed by atoms with E-state index in [9.17, 15) is 0 Å². The fraction of sp³-hybridized carbons (Fsp3) is 0.600. The van der Waals surface area contributed by atoms with E-state index in [-0.39, 0.29) is 0 Å². The Morgan fingerprint density at radius 3 is 2.61 bits per heavy atom. The van der Waals surface area contributed by atoms with Crippen LogP contribution in [0.5, 0.6) is 5.75 Å². The molecule has 0 aliphatic rings. The summed E-state index contributed by atoms with van der Waals surface area (Å²) in [6.45, 7) is 8.88. The summed E-state index contributed by atoms with van der Waals surface area (Å²) in [4.78, 5) is 0. The van der Waals surface area contributed by atoms with Gasteiger partial charge in [-0.25, -0.2) is 0 Å².